The third-order valence-corrected chi connectivity index (χ3v) is 1.28. The highest BCUT2D eigenvalue weighted by molar-refractivity contribution is 5.90. The van der Waals surface area contributed by atoms with Crippen molar-refractivity contribution in [1.29, 1.82) is 0 Å². The van der Waals surface area contributed by atoms with Gasteiger partial charge in [0.05, 0.1) is 0 Å². The summed E-state index contributed by atoms with van der Waals surface area (Å²) in [4.78, 5) is 14.1. The molecule has 3 N–H and O–H groups in total. The predicted octanol–water partition coefficient (Wildman–Crippen LogP) is 0.466. The van der Waals surface area contributed by atoms with Crippen molar-refractivity contribution < 1.29 is 9.90 Å². The molecule has 62 valence electrons. The van der Waals surface area contributed by atoms with E-state index < -0.39 is 5.97 Å². The Morgan fingerprint density at radius 2 is 2.08 bits per heavy atom. The molecule has 0 aliphatic heterocycles. The lowest BCUT2D eigenvalue weighted by Gasteiger charge is -1.93. The second kappa shape index (κ2) is 3.52. The molecule has 1 aromatic rings. The molecular formula is C8H8N2O2. The van der Waals surface area contributed by atoms with Crippen molar-refractivity contribution in [2.75, 3.05) is 0 Å². The molecule has 0 fully saturated rings. The zero-order chi connectivity index (χ0) is 8.97. The van der Waals surface area contributed by atoms with Gasteiger partial charge in [0.25, 0.3) is 0 Å². The first-order valence-electron chi connectivity index (χ1n) is 3.30. The van der Waals surface area contributed by atoms with Gasteiger partial charge < -0.3 is 10.8 Å². The van der Waals surface area contributed by atoms with Crippen LogP contribution < -0.4 is 5.73 Å². The fourth-order valence-electron chi connectivity index (χ4n) is 0.701. The van der Waals surface area contributed by atoms with Crippen LogP contribution in [0.2, 0.25) is 0 Å². The smallest absolute Gasteiger partial charge is 0.351 e. The molecule has 0 unspecified atom stereocenters. The van der Waals surface area contributed by atoms with Gasteiger partial charge in [-0.15, -0.1) is 0 Å². The van der Waals surface area contributed by atoms with Gasteiger partial charge in [-0.25, -0.2) is 4.79 Å². The fraction of sp³-hybridized carbons (Fsp3) is 0. The van der Waals surface area contributed by atoms with E-state index in [0.29, 0.717) is 0 Å². The Bertz CT molecular complexity index is 306. The Morgan fingerprint density at radius 1 is 1.50 bits per heavy atom. The summed E-state index contributed by atoms with van der Waals surface area (Å²) in [6, 6.07) is 3.35. The van der Waals surface area contributed by atoms with Crippen LogP contribution in [0.15, 0.2) is 30.2 Å². The lowest BCUT2D eigenvalue weighted by atomic mass is 10.2. The molecule has 0 bridgehead atoms. The second-order valence-electron chi connectivity index (χ2n) is 2.19. The number of carbonyl (C=O) groups is 1. The summed E-state index contributed by atoms with van der Waals surface area (Å²) in [5, 5.41) is 8.43. The minimum absolute atomic E-state index is 0.179. The van der Waals surface area contributed by atoms with Gasteiger partial charge in [-0.05, 0) is 23.8 Å². The normalized spacial score (nSPS) is 11.2. The average Bonchev–Trinajstić information content (AvgIpc) is 2.06. The van der Waals surface area contributed by atoms with Crippen molar-refractivity contribution >= 4 is 12.0 Å². The number of hydrogen-bond donors (Lipinski definition) is 2. The van der Waals surface area contributed by atoms with Gasteiger partial charge in [-0.2, -0.15) is 0 Å². The van der Waals surface area contributed by atoms with Gasteiger partial charge in [0.2, 0.25) is 0 Å². The minimum atomic E-state index is -1.12. The zero-order valence-electron chi connectivity index (χ0n) is 6.27. The Kier molecular flexibility index (Phi) is 2.42. The molecule has 4 nitrogen and oxygen atoms in total. The average molecular weight is 164 g/mol. The van der Waals surface area contributed by atoms with Crippen LogP contribution in [0, 0.1) is 0 Å². The number of carboxylic acids is 1. The van der Waals surface area contributed by atoms with Gasteiger partial charge in [0.15, 0.2) is 0 Å². The van der Waals surface area contributed by atoms with Gasteiger partial charge in [-0.3, -0.25) is 4.98 Å². The third kappa shape index (κ3) is 2.09. The first kappa shape index (κ1) is 8.26. The Balaban J connectivity index is 2.89. The van der Waals surface area contributed by atoms with E-state index in [-0.39, 0.29) is 5.70 Å². The molecule has 0 aliphatic carbocycles. The van der Waals surface area contributed by atoms with Crippen LogP contribution >= 0.6 is 0 Å². The van der Waals surface area contributed by atoms with E-state index >= 15 is 0 Å². The fourth-order valence-corrected chi connectivity index (χ4v) is 0.701. The molecule has 1 aromatic heterocycles. The quantitative estimate of drug-likeness (QED) is 0.623. The molecule has 1 heterocycles. The molecule has 0 saturated carbocycles. The van der Waals surface area contributed by atoms with Crippen molar-refractivity contribution in [3.05, 3.63) is 35.8 Å². The highest BCUT2D eigenvalue weighted by Gasteiger charge is 1.99. The van der Waals surface area contributed by atoms with Crippen LogP contribution in [0.1, 0.15) is 5.56 Å². The van der Waals surface area contributed by atoms with Crippen molar-refractivity contribution in [3.8, 4) is 0 Å². The van der Waals surface area contributed by atoms with Crippen LogP contribution in [-0.2, 0) is 4.79 Å². The van der Waals surface area contributed by atoms with Crippen molar-refractivity contribution in [2.24, 2.45) is 5.73 Å². The molecule has 0 atom stereocenters. The zero-order valence-corrected chi connectivity index (χ0v) is 6.27. The van der Waals surface area contributed by atoms with E-state index in [4.69, 9.17) is 10.8 Å². The standard InChI is InChI=1S/C8H8N2O2/c9-7(8(11)12)5-6-1-3-10-4-2-6/h1-5H,9H2,(H,11,12)/b7-5-. The monoisotopic (exact) mass is 164 g/mol. The lowest BCUT2D eigenvalue weighted by molar-refractivity contribution is -0.132. The Morgan fingerprint density at radius 3 is 2.58 bits per heavy atom. The van der Waals surface area contributed by atoms with Crippen molar-refractivity contribution in [2.45, 2.75) is 0 Å². The summed E-state index contributed by atoms with van der Waals surface area (Å²) in [6.07, 6.45) is 4.52. The number of pyridine rings is 1. The van der Waals surface area contributed by atoms with Gasteiger partial charge in [-0.1, -0.05) is 0 Å². The molecular weight excluding hydrogens is 156 g/mol. The molecule has 1 rings (SSSR count). The maximum atomic E-state index is 10.3. The van der Waals surface area contributed by atoms with Gasteiger partial charge in [0, 0.05) is 12.4 Å². The molecule has 0 amide bonds. The van der Waals surface area contributed by atoms with E-state index in [0.717, 1.165) is 5.56 Å². The first-order chi connectivity index (χ1) is 5.70. The topological polar surface area (TPSA) is 76.2 Å². The van der Waals surface area contributed by atoms with E-state index in [9.17, 15) is 4.79 Å². The summed E-state index contributed by atoms with van der Waals surface area (Å²) in [5.74, 6) is -1.12. The largest absolute Gasteiger partial charge is 0.477 e. The SMILES string of the molecule is N/C(=C\c1ccncc1)C(=O)O. The number of carboxylic acid groups (broad SMARTS) is 1. The van der Waals surface area contributed by atoms with Gasteiger partial charge >= 0.3 is 5.97 Å². The Labute approximate surface area is 69.4 Å². The number of rotatable bonds is 2. The summed E-state index contributed by atoms with van der Waals surface area (Å²) in [7, 11) is 0. The van der Waals surface area contributed by atoms with Crippen molar-refractivity contribution in [3.63, 3.8) is 0 Å². The molecule has 0 aliphatic rings. The number of nitrogens with two attached hydrogens (primary N) is 1. The molecule has 4 heteroatoms. The highest BCUT2D eigenvalue weighted by atomic mass is 16.4. The summed E-state index contributed by atoms with van der Waals surface area (Å²) >= 11 is 0. The van der Waals surface area contributed by atoms with E-state index in [1.165, 1.54) is 6.08 Å². The number of aromatic nitrogens is 1. The maximum absolute atomic E-state index is 10.3. The van der Waals surface area contributed by atoms with Crippen LogP contribution in [0.4, 0.5) is 0 Å². The summed E-state index contributed by atoms with van der Waals surface area (Å²) < 4.78 is 0. The summed E-state index contributed by atoms with van der Waals surface area (Å²) in [5.41, 5.74) is 5.74. The highest BCUT2D eigenvalue weighted by Crippen LogP contribution is 2.01. The third-order valence-electron chi connectivity index (χ3n) is 1.28. The molecule has 0 aromatic carbocycles. The number of aliphatic carboxylic acids is 1. The van der Waals surface area contributed by atoms with Crippen LogP contribution in [-0.4, -0.2) is 16.1 Å². The van der Waals surface area contributed by atoms with Crippen molar-refractivity contribution in [1.82, 2.24) is 4.98 Å². The van der Waals surface area contributed by atoms with Crippen LogP contribution in [0.3, 0.4) is 0 Å². The molecule has 0 saturated heterocycles. The summed E-state index contributed by atoms with van der Waals surface area (Å²) in [6.45, 7) is 0. The molecule has 0 spiro atoms. The molecule has 0 radical (unpaired) electrons. The van der Waals surface area contributed by atoms with E-state index in [2.05, 4.69) is 4.98 Å². The Hall–Kier alpha value is -1.84. The van der Waals surface area contributed by atoms with Crippen LogP contribution in [0.5, 0.6) is 0 Å². The number of hydrogen-bond acceptors (Lipinski definition) is 3. The molecule has 12 heavy (non-hydrogen) atoms. The number of nitrogens with zero attached hydrogens (tertiary/aromatic N) is 1. The van der Waals surface area contributed by atoms with E-state index in [1.807, 2.05) is 0 Å². The minimum Gasteiger partial charge on any atom is -0.477 e. The predicted molar refractivity (Wildman–Crippen MR) is 44.0 cm³/mol. The first-order valence-corrected chi connectivity index (χ1v) is 3.30. The van der Waals surface area contributed by atoms with Crippen LogP contribution in [0.25, 0.3) is 6.08 Å². The van der Waals surface area contributed by atoms with E-state index in [1.54, 1.807) is 24.5 Å². The second-order valence-corrected chi connectivity index (χ2v) is 2.19. The van der Waals surface area contributed by atoms with Gasteiger partial charge in [0.1, 0.15) is 5.70 Å². The lowest BCUT2D eigenvalue weighted by Crippen LogP contribution is -2.09. The maximum Gasteiger partial charge on any atom is 0.351 e.